The number of anilines is 2. The summed E-state index contributed by atoms with van der Waals surface area (Å²) in [5, 5.41) is 0. The minimum absolute atomic E-state index is 0.907. The van der Waals surface area contributed by atoms with E-state index in [0.717, 1.165) is 41.4 Å². The third kappa shape index (κ3) is 1.99. The molecule has 2 aromatic rings. The summed E-state index contributed by atoms with van der Waals surface area (Å²) in [6.45, 7) is 6.99. The van der Waals surface area contributed by atoms with Gasteiger partial charge in [0, 0.05) is 6.54 Å². The van der Waals surface area contributed by atoms with Gasteiger partial charge in [0.1, 0.15) is 0 Å². The lowest BCUT2D eigenvalue weighted by Crippen LogP contribution is -2.21. The van der Waals surface area contributed by atoms with Crippen molar-refractivity contribution in [2.24, 2.45) is 0 Å². The number of para-hydroxylation sites is 2. The lowest BCUT2D eigenvalue weighted by Gasteiger charge is -2.32. The molecule has 1 heterocycles. The van der Waals surface area contributed by atoms with Crippen LogP contribution in [0.1, 0.15) is 18.9 Å². The van der Waals surface area contributed by atoms with Crippen LogP contribution in [0.4, 0.5) is 11.4 Å². The SMILES string of the molecule is C=Cc1ccc2c(c1)Oc1ccccc1N2CCC. The minimum Gasteiger partial charge on any atom is -0.453 e. The minimum atomic E-state index is 0.907. The van der Waals surface area contributed by atoms with E-state index in [0.29, 0.717) is 0 Å². The van der Waals surface area contributed by atoms with E-state index >= 15 is 0 Å². The zero-order valence-electron chi connectivity index (χ0n) is 11.1. The summed E-state index contributed by atoms with van der Waals surface area (Å²) in [6.07, 6.45) is 2.94. The number of fused-ring (bicyclic) bond motifs is 2. The first-order valence-electron chi connectivity index (χ1n) is 6.64. The Morgan fingerprint density at radius 2 is 1.89 bits per heavy atom. The van der Waals surface area contributed by atoms with Gasteiger partial charge in [-0.05, 0) is 36.2 Å². The number of nitrogens with zero attached hydrogens (tertiary/aromatic N) is 1. The van der Waals surface area contributed by atoms with Gasteiger partial charge in [0.25, 0.3) is 0 Å². The maximum absolute atomic E-state index is 6.01. The van der Waals surface area contributed by atoms with Gasteiger partial charge < -0.3 is 9.64 Å². The van der Waals surface area contributed by atoms with E-state index in [2.05, 4.69) is 36.6 Å². The Balaban J connectivity index is 2.13. The number of hydrogen-bond acceptors (Lipinski definition) is 2. The smallest absolute Gasteiger partial charge is 0.151 e. The van der Waals surface area contributed by atoms with Gasteiger partial charge in [-0.15, -0.1) is 0 Å². The van der Waals surface area contributed by atoms with E-state index in [1.54, 1.807) is 0 Å². The first-order valence-corrected chi connectivity index (χ1v) is 6.64. The molecule has 19 heavy (non-hydrogen) atoms. The molecule has 0 amide bonds. The van der Waals surface area contributed by atoms with E-state index in [4.69, 9.17) is 4.74 Å². The molecular weight excluding hydrogens is 234 g/mol. The first kappa shape index (κ1) is 11.8. The van der Waals surface area contributed by atoms with Gasteiger partial charge in [-0.25, -0.2) is 0 Å². The molecule has 0 N–H and O–H groups in total. The molecule has 0 unspecified atom stereocenters. The third-order valence-electron chi connectivity index (χ3n) is 3.33. The monoisotopic (exact) mass is 251 g/mol. The Hall–Kier alpha value is -2.22. The van der Waals surface area contributed by atoms with Crippen LogP contribution >= 0.6 is 0 Å². The topological polar surface area (TPSA) is 12.5 Å². The second kappa shape index (κ2) is 4.81. The molecule has 0 saturated carbocycles. The van der Waals surface area contributed by atoms with Crippen LogP contribution in [0.3, 0.4) is 0 Å². The molecule has 2 aromatic carbocycles. The Morgan fingerprint density at radius 3 is 2.68 bits per heavy atom. The molecule has 3 rings (SSSR count). The third-order valence-corrected chi connectivity index (χ3v) is 3.33. The summed E-state index contributed by atoms with van der Waals surface area (Å²) in [5.41, 5.74) is 3.35. The highest BCUT2D eigenvalue weighted by Crippen LogP contribution is 2.46. The summed E-state index contributed by atoms with van der Waals surface area (Å²) < 4.78 is 6.01. The molecule has 0 bridgehead atoms. The predicted octanol–water partition coefficient (Wildman–Crippen LogP) is 4.98. The van der Waals surface area contributed by atoms with Crippen LogP contribution in [-0.2, 0) is 0 Å². The highest BCUT2D eigenvalue weighted by molar-refractivity contribution is 5.79. The molecule has 1 aliphatic heterocycles. The van der Waals surface area contributed by atoms with Gasteiger partial charge in [-0.3, -0.25) is 0 Å². The normalized spacial score (nSPS) is 12.4. The second-order valence-electron chi connectivity index (χ2n) is 4.65. The van der Waals surface area contributed by atoms with Crippen LogP contribution in [0.25, 0.3) is 6.08 Å². The van der Waals surface area contributed by atoms with Crippen molar-refractivity contribution >= 4 is 17.5 Å². The maximum atomic E-state index is 6.01. The van der Waals surface area contributed by atoms with Crippen molar-refractivity contribution < 1.29 is 4.74 Å². The quantitative estimate of drug-likeness (QED) is 0.762. The van der Waals surface area contributed by atoms with Crippen molar-refractivity contribution in [2.45, 2.75) is 13.3 Å². The molecule has 0 aliphatic carbocycles. The summed E-state index contributed by atoms with van der Waals surface area (Å²) in [7, 11) is 0. The predicted molar refractivity (Wildman–Crippen MR) is 80.3 cm³/mol. The highest BCUT2D eigenvalue weighted by atomic mass is 16.5. The molecule has 2 heteroatoms. The van der Waals surface area contributed by atoms with Crippen molar-refractivity contribution in [3.63, 3.8) is 0 Å². The number of ether oxygens (including phenoxy) is 1. The summed E-state index contributed by atoms with van der Waals surface area (Å²) in [5.74, 6) is 1.83. The molecule has 1 aliphatic rings. The fourth-order valence-electron chi connectivity index (χ4n) is 2.44. The average Bonchev–Trinajstić information content (AvgIpc) is 2.46. The highest BCUT2D eigenvalue weighted by Gasteiger charge is 2.23. The Kier molecular flexibility index (Phi) is 3.00. The Morgan fingerprint density at radius 1 is 1.11 bits per heavy atom. The van der Waals surface area contributed by atoms with Gasteiger partial charge >= 0.3 is 0 Å². The molecular formula is C17H17NO. The van der Waals surface area contributed by atoms with E-state index in [-0.39, 0.29) is 0 Å². The molecule has 0 spiro atoms. The zero-order chi connectivity index (χ0) is 13.2. The van der Waals surface area contributed by atoms with Gasteiger partial charge in [-0.1, -0.05) is 37.8 Å². The van der Waals surface area contributed by atoms with Crippen LogP contribution in [-0.4, -0.2) is 6.54 Å². The molecule has 0 atom stereocenters. The summed E-state index contributed by atoms with van der Waals surface area (Å²) in [6, 6.07) is 14.4. The van der Waals surface area contributed by atoms with Crippen molar-refractivity contribution in [1.82, 2.24) is 0 Å². The largest absolute Gasteiger partial charge is 0.453 e. The van der Waals surface area contributed by atoms with Crippen LogP contribution in [0.5, 0.6) is 11.5 Å². The summed E-state index contributed by atoms with van der Waals surface area (Å²) >= 11 is 0. The fraction of sp³-hybridized carbons (Fsp3) is 0.176. The lowest BCUT2D eigenvalue weighted by atomic mass is 10.1. The maximum Gasteiger partial charge on any atom is 0.151 e. The van der Waals surface area contributed by atoms with Crippen molar-refractivity contribution in [1.29, 1.82) is 0 Å². The molecule has 2 nitrogen and oxygen atoms in total. The fourth-order valence-corrected chi connectivity index (χ4v) is 2.44. The van der Waals surface area contributed by atoms with Crippen molar-refractivity contribution in [3.05, 3.63) is 54.6 Å². The van der Waals surface area contributed by atoms with Gasteiger partial charge in [0.05, 0.1) is 11.4 Å². The standard InChI is InChI=1S/C17H17NO/c1-3-11-18-14-7-5-6-8-16(14)19-17-12-13(4-2)9-10-15(17)18/h4-10,12H,2-3,11H2,1H3. The number of benzene rings is 2. The zero-order valence-corrected chi connectivity index (χ0v) is 11.1. The van der Waals surface area contributed by atoms with Crippen molar-refractivity contribution in [2.75, 3.05) is 11.4 Å². The van der Waals surface area contributed by atoms with E-state index in [9.17, 15) is 0 Å². The molecule has 0 fully saturated rings. The van der Waals surface area contributed by atoms with Crippen molar-refractivity contribution in [3.8, 4) is 11.5 Å². The van der Waals surface area contributed by atoms with Crippen LogP contribution in [0.15, 0.2) is 49.0 Å². The average molecular weight is 251 g/mol. The molecule has 0 aromatic heterocycles. The second-order valence-corrected chi connectivity index (χ2v) is 4.65. The lowest BCUT2D eigenvalue weighted by molar-refractivity contribution is 0.473. The number of rotatable bonds is 3. The van der Waals surface area contributed by atoms with E-state index in [1.807, 2.05) is 30.3 Å². The summed E-state index contributed by atoms with van der Waals surface area (Å²) in [4.78, 5) is 2.32. The Labute approximate surface area is 113 Å². The van der Waals surface area contributed by atoms with E-state index < -0.39 is 0 Å². The van der Waals surface area contributed by atoms with Gasteiger partial charge in [0.2, 0.25) is 0 Å². The van der Waals surface area contributed by atoms with Crippen LogP contribution in [0, 0.1) is 0 Å². The van der Waals surface area contributed by atoms with Crippen LogP contribution < -0.4 is 9.64 Å². The van der Waals surface area contributed by atoms with Crippen LogP contribution in [0.2, 0.25) is 0 Å². The Bertz CT molecular complexity index is 618. The molecule has 96 valence electrons. The first-order chi connectivity index (χ1) is 9.33. The van der Waals surface area contributed by atoms with E-state index in [1.165, 1.54) is 0 Å². The molecule has 0 saturated heterocycles. The molecule has 0 radical (unpaired) electrons. The van der Waals surface area contributed by atoms with Gasteiger partial charge in [0.15, 0.2) is 11.5 Å². The number of hydrogen-bond donors (Lipinski definition) is 0. The van der Waals surface area contributed by atoms with Gasteiger partial charge in [-0.2, -0.15) is 0 Å².